The number of nitrogen functional groups attached to an aromatic ring is 1. The zero-order valence-electron chi connectivity index (χ0n) is 10.2. The number of hydrogen-bond donors (Lipinski definition) is 2. The summed E-state index contributed by atoms with van der Waals surface area (Å²) in [6.07, 6.45) is 2.90. The normalized spacial score (nSPS) is 17.4. The molecule has 0 spiro atoms. The molecule has 1 aliphatic rings. The van der Waals surface area contributed by atoms with Crippen LogP contribution in [0.15, 0.2) is 21.1 Å². The van der Waals surface area contributed by atoms with E-state index in [-0.39, 0.29) is 0 Å². The lowest BCUT2D eigenvalue weighted by molar-refractivity contribution is 0.349. The number of halogens is 2. The zero-order valence-corrected chi connectivity index (χ0v) is 14.2. The highest BCUT2D eigenvalue weighted by atomic mass is 79.9. The highest BCUT2D eigenvalue weighted by Gasteiger charge is 2.25. The number of anilines is 2. The van der Waals surface area contributed by atoms with Gasteiger partial charge in [0.25, 0.3) is 0 Å². The standard InChI is InChI=1S/C11H15Br2N3O2S/c12-9-6-8(14)7-10(13)11(9)15-19(17,18)16-4-2-1-3-5-16/h6-7,15H,1-5,14H2. The number of piperidine rings is 1. The number of nitrogens with one attached hydrogen (secondary N) is 1. The monoisotopic (exact) mass is 411 g/mol. The van der Waals surface area contributed by atoms with E-state index in [4.69, 9.17) is 5.73 Å². The third kappa shape index (κ3) is 3.62. The van der Waals surface area contributed by atoms with E-state index in [1.54, 1.807) is 12.1 Å². The fourth-order valence-corrected chi connectivity index (χ4v) is 5.02. The largest absolute Gasteiger partial charge is 0.399 e. The highest BCUT2D eigenvalue weighted by molar-refractivity contribution is 9.11. The average Bonchev–Trinajstić information content (AvgIpc) is 2.35. The summed E-state index contributed by atoms with van der Waals surface area (Å²) in [5, 5.41) is 0. The predicted octanol–water partition coefficient (Wildman–Crippen LogP) is 2.94. The van der Waals surface area contributed by atoms with Gasteiger partial charge in [-0.25, -0.2) is 0 Å². The first-order valence-corrected chi connectivity index (χ1v) is 8.95. The van der Waals surface area contributed by atoms with E-state index in [9.17, 15) is 8.42 Å². The third-order valence-corrected chi connectivity index (χ3v) is 5.71. The number of benzene rings is 1. The van der Waals surface area contributed by atoms with Crippen LogP contribution < -0.4 is 10.5 Å². The van der Waals surface area contributed by atoms with Crippen LogP contribution in [-0.4, -0.2) is 25.8 Å². The van der Waals surface area contributed by atoms with Crippen molar-refractivity contribution in [2.24, 2.45) is 0 Å². The van der Waals surface area contributed by atoms with Crippen LogP contribution in [-0.2, 0) is 10.2 Å². The molecule has 1 saturated heterocycles. The van der Waals surface area contributed by atoms with Crippen LogP contribution in [0, 0.1) is 0 Å². The zero-order chi connectivity index (χ0) is 14.0. The molecule has 19 heavy (non-hydrogen) atoms. The minimum Gasteiger partial charge on any atom is -0.399 e. The lowest BCUT2D eigenvalue weighted by Crippen LogP contribution is -2.39. The first-order chi connectivity index (χ1) is 8.90. The molecule has 1 heterocycles. The van der Waals surface area contributed by atoms with Crippen LogP contribution >= 0.6 is 31.9 Å². The van der Waals surface area contributed by atoms with E-state index in [0.29, 0.717) is 33.4 Å². The Morgan fingerprint density at radius 3 is 2.16 bits per heavy atom. The Morgan fingerprint density at radius 2 is 1.63 bits per heavy atom. The van der Waals surface area contributed by atoms with Gasteiger partial charge in [0, 0.05) is 27.7 Å². The number of nitrogens with zero attached hydrogens (tertiary/aromatic N) is 1. The first-order valence-electron chi connectivity index (χ1n) is 5.92. The molecule has 0 aromatic heterocycles. The van der Waals surface area contributed by atoms with Gasteiger partial charge in [0.15, 0.2) is 0 Å². The lowest BCUT2D eigenvalue weighted by atomic mass is 10.2. The maximum absolute atomic E-state index is 12.3. The molecule has 0 aliphatic carbocycles. The van der Waals surface area contributed by atoms with Crippen molar-refractivity contribution >= 4 is 53.4 Å². The van der Waals surface area contributed by atoms with E-state index in [1.807, 2.05) is 0 Å². The average molecular weight is 413 g/mol. The maximum Gasteiger partial charge on any atom is 0.301 e. The van der Waals surface area contributed by atoms with Crippen molar-refractivity contribution in [1.29, 1.82) is 0 Å². The molecule has 1 aliphatic heterocycles. The van der Waals surface area contributed by atoms with Gasteiger partial charge in [-0.3, -0.25) is 4.72 Å². The van der Waals surface area contributed by atoms with Crippen molar-refractivity contribution in [3.63, 3.8) is 0 Å². The van der Waals surface area contributed by atoms with E-state index in [2.05, 4.69) is 36.6 Å². The van der Waals surface area contributed by atoms with Gasteiger partial charge >= 0.3 is 10.2 Å². The molecule has 0 bridgehead atoms. The molecule has 0 saturated carbocycles. The molecule has 3 N–H and O–H groups in total. The molecule has 106 valence electrons. The van der Waals surface area contributed by atoms with Crippen molar-refractivity contribution in [3.05, 3.63) is 21.1 Å². The quantitative estimate of drug-likeness (QED) is 0.749. The molecule has 0 amide bonds. The molecule has 0 unspecified atom stereocenters. The Morgan fingerprint density at radius 1 is 1.11 bits per heavy atom. The molecule has 1 aromatic carbocycles. The summed E-state index contributed by atoms with van der Waals surface area (Å²) in [6.45, 7) is 1.14. The van der Waals surface area contributed by atoms with E-state index >= 15 is 0 Å². The Hall–Kier alpha value is -0.310. The van der Waals surface area contributed by atoms with Crippen molar-refractivity contribution in [2.45, 2.75) is 19.3 Å². The van der Waals surface area contributed by atoms with Gasteiger partial charge in [0.05, 0.1) is 5.69 Å². The van der Waals surface area contributed by atoms with Crippen LogP contribution in [0.4, 0.5) is 11.4 Å². The Bertz CT molecular complexity index is 548. The lowest BCUT2D eigenvalue weighted by Gasteiger charge is -2.26. The Balaban J connectivity index is 2.25. The fraction of sp³-hybridized carbons (Fsp3) is 0.455. The molecular weight excluding hydrogens is 398 g/mol. The minimum atomic E-state index is -3.51. The maximum atomic E-state index is 12.3. The van der Waals surface area contributed by atoms with Gasteiger partial charge in [-0.2, -0.15) is 12.7 Å². The second-order valence-corrected chi connectivity index (χ2v) is 7.81. The summed E-state index contributed by atoms with van der Waals surface area (Å²) in [7, 11) is -3.51. The first kappa shape index (κ1) is 15.1. The number of rotatable bonds is 3. The van der Waals surface area contributed by atoms with Crippen LogP contribution in [0.25, 0.3) is 0 Å². The highest BCUT2D eigenvalue weighted by Crippen LogP contribution is 2.34. The smallest absolute Gasteiger partial charge is 0.301 e. The van der Waals surface area contributed by atoms with Crippen LogP contribution in [0.3, 0.4) is 0 Å². The Labute approximate surface area is 130 Å². The van der Waals surface area contributed by atoms with Crippen molar-refractivity contribution in [2.75, 3.05) is 23.5 Å². The molecule has 0 atom stereocenters. The van der Waals surface area contributed by atoms with Gasteiger partial charge in [-0.1, -0.05) is 6.42 Å². The van der Waals surface area contributed by atoms with Gasteiger partial charge in [0.1, 0.15) is 0 Å². The van der Waals surface area contributed by atoms with Gasteiger partial charge in [-0.05, 0) is 56.8 Å². The molecular formula is C11H15Br2N3O2S. The summed E-state index contributed by atoms with van der Waals surface area (Å²) in [5.74, 6) is 0. The molecule has 2 rings (SSSR count). The summed E-state index contributed by atoms with van der Waals surface area (Å²) in [6, 6.07) is 3.33. The number of hydrogen-bond acceptors (Lipinski definition) is 3. The van der Waals surface area contributed by atoms with Crippen molar-refractivity contribution in [3.8, 4) is 0 Å². The minimum absolute atomic E-state index is 0.472. The second-order valence-electron chi connectivity index (χ2n) is 4.43. The molecule has 0 radical (unpaired) electrons. The van der Waals surface area contributed by atoms with Crippen molar-refractivity contribution in [1.82, 2.24) is 4.31 Å². The Kier molecular flexibility index (Phi) is 4.75. The van der Waals surface area contributed by atoms with E-state index < -0.39 is 10.2 Å². The SMILES string of the molecule is Nc1cc(Br)c(NS(=O)(=O)N2CCCCC2)c(Br)c1. The molecule has 1 fully saturated rings. The molecule has 8 heteroatoms. The van der Waals surface area contributed by atoms with Crippen LogP contribution in [0.1, 0.15) is 19.3 Å². The summed E-state index contributed by atoms with van der Waals surface area (Å²) in [5.41, 5.74) is 6.71. The topological polar surface area (TPSA) is 75.4 Å². The number of nitrogens with two attached hydrogens (primary N) is 1. The second kappa shape index (κ2) is 5.99. The summed E-state index contributed by atoms with van der Waals surface area (Å²) >= 11 is 6.64. The molecule has 5 nitrogen and oxygen atoms in total. The van der Waals surface area contributed by atoms with E-state index in [1.165, 1.54) is 4.31 Å². The predicted molar refractivity (Wildman–Crippen MR) is 84.2 cm³/mol. The van der Waals surface area contributed by atoms with Crippen LogP contribution in [0.5, 0.6) is 0 Å². The van der Waals surface area contributed by atoms with Gasteiger partial charge < -0.3 is 5.73 Å². The van der Waals surface area contributed by atoms with Crippen molar-refractivity contribution < 1.29 is 8.42 Å². The van der Waals surface area contributed by atoms with Gasteiger partial charge in [0.2, 0.25) is 0 Å². The summed E-state index contributed by atoms with van der Waals surface area (Å²) < 4.78 is 29.9. The fourth-order valence-electron chi connectivity index (χ4n) is 1.99. The van der Waals surface area contributed by atoms with E-state index in [0.717, 1.165) is 19.3 Å². The molecule has 1 aromatic rings. The third-order valence-electron chi connectivity index (χ3n) is 2.95. The summed E-state index contributed by atoms with van der Waals surface area (Å²) in [4.78, 5) is 0. The van der Waals surface area contributed by atoms with Gasteiger partial charge in [-0.15, -0.1) is 0 Å². The van der Waals surface area contributed by atoms with Crippen LogP contribution in [0.2, 0.25) is 0 Å².